The van der Waals surface area contributed by atoms with Crippen molar-refractivity contribution < 1.29 is 28.6 Å². The van der Waals surface area contributed by atoms with E-state index < -0.39 is 6.10 Å². The molecule has 0 radical (unpaired) electrons. The molecule has 0 saturated heterocycles. The fourth-order valence-electron chi connectivity index (χ4n) is 8.71. The second-order valence-corrected chi connectivity index (χ2v) is 20.9. The van der Waals surface area contributed by atoms with Crippen molar-refractivity contribution in [3.8, 4) is 0 Å². The highest BCUT2D eigenvalue weighted by molar-refractivity contribution is 5.71. The SMILES string of the molecule is CC/C=C\C/C=C\C/C=C\C/C=C\C/C=C\C/C=C\C/C=C\CCCCCC(=O)OCC(COC(=O)CCCCCCC/C=C\CCCCCCCC)OC(=O)CCCCCCCCC/C=C\CCCCCCCCC. The van der Waals surface area contributed by atoms with Gasteiger partial charge in [0.2, 0.25) is 0 Å². The topological polar surface area (TPSA) is 78.9 Å². The molecule has 0 rings (SSSR count). The molecule has 0 aliphatic carbocycles. The summed E-state index contributed by atoms with van der Waals surface area (Å²) in [5, 5.41) is 0. The lowest BCUT2D eigenvalue weighted by Gasteiger charge is -2.18. The van der Waals surface area contributed by atoms with Crippen LogP contribution in [0, 0.1) is 0 Å². The zero-order valence-corrected chi connectivity index (χ0v) is 49.7. The summed E-state index contributed by atoms with van der Waals surface area (Å²) in [5.74, 6) is -0.934. The van der Waals surface area contributed by atoms with Crippen LogP contribution < -0.4 is 0 Å². The van der Waals surface area contributed by atoms with E-state index in [2.05, 4.69) is 130 Å². The third-order valence-corrected chi connectivity index (χ3v) is 13.5. The van der Waals surface area contributed by atoms with E-state index in [1.54, 1.807) is 0 Å². The molecule has 6 nitrogen and oxygen atoms in total. The number of rotatable bonds is 57. The normalized spacial score (nSPS) is 12.8. The number of unbranched alkanes of at least 4 members (excludes halogenated alkanes) is 28. The van der Waals surface area contributed by atoms with Gasteiger partial charge in [0.1, 0.15) is 13.2 Å². The fraction of sp³-hybridized carbons (Fsp3) is 0.700. The van der Waals surface area contributed by atoms with Crippen LogP contribution in [0.2, 0.25) is 0 Å². The molecule has 0 amide bonds. The second kappa shape index (κ2) is 63.6. The number of hydrogen-bond donors (Lipinski definition) is 0. The van der Waals surface area contributed by atoms with E-state index >= 15 is 0 Å². The molecule has 0 bridgehead atoms. The van der Waals surface area contributed by atoms with E-state index in [0.717, 1.165) is 116 Å². The van der Waals surface area contributed by atoms with Gasteiger partial charge in [0.05, 0.1) is 0 Å². The molecule has 1 atom stereocenters. The summed E-state index contributed by atoms with van der Waals surface area (Å²) in [4.78, 5) is 38.3. The highest BCUT2D eigenvalue weighted by Crippen LogP contribution is 2.15. The number of allylic oxidation sites excluding steroid dienone is 18. The van der Waals surface area contributed by atoms with Crippen LogP contribution in [0.3, 0.4) is 0 Å². The first-order valence-electron chi connectivity index (χ1n) is 31.9. The third-order valence-electron chi connectivity index (χ3n) is 13.5. The van der Waals surface area contributed by atoms with Crippen LogP contribution in [-0.2, 0) is 28.6 Å². The van der Waals surface area contributed by atoms with Gasteiger partial charge in [-0.25, -0.2) is 0 Å². The Morgan fingerprint density at radius 3 is 0.829 bits per heavy atom. The molecule has 0 aromatic heterocycles. The van der Waals surface area contributed by atoms with Crippen LogP contribution in [0.4, 0.5) is 0 Å². The molecule has 0 aromatic carbocycles. The van der Waals surface area contributed by atoms with Crippen LogP contribution >= 0.6 is 0 Å². The predicted molar refractivity (Wildman–Crippen MR) is 330 cm³/mol. The standard InChI is InChI=1S/C70H118O6/c1-4-7-10-13-16-19-22-25-28-30-32-33-34-35-36-37-38-40-42-45-48-51-54-57-60-63-69(72)75-66-67(65-74-68(71)62-59-56-53-50-47-44-41-27-24-21-18-15-12-9-6-3)76-70(73)64-61-58-55-52-49-46-43-39-31-29-26-23-20-17-14-11-8-5-2/h7,10,16,19,25,27-29,31-33,35-36,38,40-41,45,48,67H,4-6,8-9,11-15,17-18,20-24,26,30,34,37,39,42-44,46-47,49-66H2,1-3H3/b10-7-,19-16-,28-25-,31-29-,33-32-,36-35-,40-38-,41-27-,48-45-. The number of carbonyl (C=O) groups is 3. The molecule has 0 saturated carbocycles. The van der Waals surface area contributed by atoms with Crippen LogP contribution in [-0.4, -0.2) is 37.2 Å². The van der Waals surface area contributed by atoms with Crippen LogP contribution in [0.25, 0.3) is 0 Å². The Labute approximate surface area is 470 Å². The average Bonchev–Trinajstić information content (AvgIpc) is 3.42. The van der Waals surface area contributed by atoms with Crippen molar-refractivity contribution in [1.29, 1.82) is 0 Å². The third kappa shape index (κ3) is 60.9. The van der Waals surface area contributed by atoms with E-state index in [9.17, 15) is 14.4 Å². The van der Waals surface area contributed by atoms with Crippen molar-refractivity contribution in [3.05, 3.63) is 109 Å². The number of hydrogen-bond acceptors (Lipinski definition) is 6. The molecule has 0 fully saturated rings. The van der Waals surface area contributed by atoms with Crippen LogP contribution in [0.5, 0.6) is 0 Å². The maximum atomic E-state index is 12.9. The molecule has 6 heteroatoms. The summed E-state index contributed by atoms with van der Waals surface area (Å²) < 4.78 is 16.9. The van der Waals surface area contributed by atoms with Crippen molar-refractivity contribution in [3.63, 3.8) is 0 Å². The lowest BCUT2D eigenvalue weighted by molar-refractivity contribution is -0.167. The Hall–Kier alpha value is -3.93. The Morgan fingerprint density at radius 2 is 0.513 bits per heavy atom. The van der Waals surface area contributed by atoms with Gasteiger partial charge in [0, 0.05) is 19.3 Å². The molecule has 0 aliphatic heterocycles. The van der Waals surface area contributed by atoms with Crippen LogP contribution in [0.1, 0.15) is 297 Å². The van der Waals surface area contributed by atoms with Crippen molar-refractivity contribution >= 4 is 17.9 Å². The van der Waals surface area contributed by atoms with Gasteiger partial charge in [0.25, 0.3) is 0 Å². The first kappa shape index (κ1) is 72.1. The molecule has 0 heterocycles. The largest absolute Gasteiger partial charge is 0.462 e. The molecular formula is C70H118O6. The molecule has 76 heavy (non-hydrogen) atoms. The summed E-state index contributed by atoms with van der Waals surface area (Å²) in [7, 11) is 0. The van der Waals surface area contributed by atoms with Crippen molar-refractivity contribution in [2.24, 2.45) is 0 Å². The maximum Gasteiger partial charge on any atom is 0.306 e. The van der Waals surface area contributed by atoms with E-state index in [1.807, 2.05) is 0 Å². The van der Waals surface area contributed by atoms with E-state index in [4.69, 9.17) is 14.2 Å². The van der Waals surface area contributed by atoms with Gasteiger partial charge in [-0.3, -0.25) is 14.4 Å². The lowest BCUT2D eigenvalue weighted by Crippen LogP contribution is -2.30. The minimum atomic E-state index is -0.801. The monoisotopic (exact) mass is 1050 g/mol. The molecular weight excluding hydrogens is 937 g/mol. The van der Waals surface area contributed by atoms with Crippen molar-refractivity contribution in [2.75, 3.05) is 13.2 Å². The quantitative estimate of drug-likeness (QED) is 0.0261. The van der Waals surface area contributed by atoms with Gasteiger partial charge >= 0.3 is 17.9 Å². The van der Waals surface area contributed by atoms with Gasteiger partial charge in [0.15, 0.2) is 6.10 Å². The maximum absolute atomic E-state index is 12.9. The molecule has 0 aliphatic rings. The molecule has 0 aromatic rings. The second-order valence-electron chi connectivity index (χ2n) is 20.9. The van der Waals surface area contributed by atoms with E-state index in [-0.39, 0.29) is 31.1 Å². The number of esters is 3. The predicted octanol–water partition coefficient (Wildman–Crippen LogP) is 21.8. The van der Waals surface area contributed by atoms with Crippen LogP contribution in [0.15, 0.2) is 109 Å². The number of carbonyl (C=O) groups excluding carboxylic acids is 3. The Kier molecular flexibility index (Phi) is 60.3. The molecule has 434 valence electrons. The van der Waals surface area contributed by atoms with E-state index in [0.29, 0.717) is 19.3 Å². The summed E-state index contributed by atoms with van der Waals surface area (Å²) in [5.41, 5.74) is 0. The summed E-state index contributed by atoms with van der Waals surface area (Å²) >= 11 is 0. The molecule has 0 N–H and O–H groups in total. The van der Waals surface area contributed by atoms with Crippen molar-refractivity contribution in [1.82, 2.24) is 0 Å². The molecule has 0 spiro atoms. The summed E-state index contributed by atoms with van der Waals surface area (Å²) in [6.45, 7) is 6.50. The van der Waals surface area contributed by atoms with Gasteiger partial charge in [-0.2, -0.15) is 0 Å². The summed E-state index contributed by atoms with van der Waals surface area (Å²) in [6.07, 6.45) is 86.6. The fourth-order valence-corrected chi connectivity index (χ4v) is 8.71. The van der Waals surface area contributed by atoms with Gasteiger partial charge in [-0.1, -0.05) is 259 Å². The Balaban J connectivity index is 4.45. The zero-order valence-electron chi connectivity index (χ0n) is 49.7. The average molecular weight is 1060 g/mol. The highest BCUT2D eigenvalue weighted by atomic mass is 16.6. The minimum absolute atomic E-state index is 0.0951. The van der Waals surface area contributed by atoms with Gasteiger partial charge in [-0.05, 0) is 128 Å². The number of ether oxygens (including phenoxy) is 3. The van der Waals surface area contributed by atoms with Gasteiger partial charge in [-0.15, -0.1) is 0 Å². The van der Waals surface area contributed by atoms with Crippen molar-refractivity contribution in [2.45, 2.75) is 303 Å². The molecule has 1 unspecified atom stereocenters. The minimum Gasteiger partial charge on any atom is -0.462 e. The zero-order chi connectivity index (χ0) is 55.0. The smallest absolute Gasteiger partial charge is 0.306 e. The first-order chi connectivity index (χ1) is 37.5. The van der Waals surface area contributed by atoms with Gasteiger partial charge < -0.3 is 14.2 Å². The summed E-state index contributed by atoms with van der Waals surface area (Å²) in [6, 6.07) is 0. The highest BCUT2D eigenvalue weighted by Gasteiger charge is 2.19. The lowest BCUT2D eigenvalue weighted by atomic mass is 10.1. The Morgan fingerprint density at radius 1 is 0.276 bits per heavy atom. The first-order valence-corrected chi connectivity index (χ1v) is 31.9. The Bertz CT molecular complexity index is 1540. The van der Waals surface area contributed by atoms with E-state index in [1.165, 1.54) is 141 Å².